The molecule has 0 aliphatic carbocycles. The van der Waals surface area contributed by atoms with Crippen molar-refractivity contribution in [1.82, 2.24) is 29.7 Å². The molecule has 2 fully saturated rings. The van der Waals surface area contributed by atoms with Gasteiger partial charge in [-0.3, -0.25) is 28.3 Å². The lowest BCUT2D eigenvalue weighted by molar-refractivity contribution is -0.121. The van der Waals surface area contributed by atoms with E-state index in [4.69, 9.17) is 11.6 Å². The number of aliphatic hydroxyl groups is 2. The van der Waals surface area contributed by atoms with Gasteiger partial charge >= 0.3 is 0 Å². The van der Waals surface area contributed by atoms with Gasteiger partial charge in [-0.2, -0.15) is 0 Å². The summed E-state index contributed by atoms with van der Waals surface area (Å²) in [7, 11) is 0. The van der Waals surface area contributed by atoms with E-state index in [1.807, 2.05) is 6.07 Å². The van der Waals surface area contributed by atoms with Crippen molar-refractivity contribution in [2.24, 2.45) is 0 Å². The molecule has 14 heteroatoms. The average molecular weight is 716 g/mol. The molecule has 0 amide bonds. The number of piperidine rings is 2. The van der Waals surface area contributed by atoms with Crippen LogP contribution < -0.4 is 21.8 Å². The number of hydrogen-bond acceptors (Lipinski definition) is 10. The number of fused-ring (bicyclic) bond motifs is 2. The van der Waals surface area contributed by atoms with Crippen LogP contribution >= 0.6 is 27.5 Å². The van der Waals surface area contributed by atoms with Crippen molar-refractivity contribution in [3.05, 3.63) is 79.3 Å². The maximum absolute atomic E-state index is 12.5. The van der Waals surface area contributed by atoms with Crippen LogP contribution in [0.3, 0.4) is 0 Å². The summed E-state index contributed by atoms with van der Waals surface area (Å²) in [6.45, 7) is 1.52. The lowest BCUT2D eigenvalue weighted by atomic mass is 9.97. The molecule has 2 saturated heterocycles. The number of nitrogens with one attached hydrogen (secondary N) is 2. The Morgan fingerprint density at radius 1 is 0.826 bits per heavy atom. The summed E-state index contributed by atoms with van der Waals surface area (Å²) in [6.07, 6.45) is 5.39. The minimum absolute atomic E-state index is 0.0123. The molecule has 4 unspecified atom stereocenters. The summed E-state index contributed by atoms with van der Waals surface area (Å²) < 4.78 is 3.28. The van der Waals surface area contributed by atoms with Gasteiger partial charge in [-0.25, -0.2) is 9.97 Å². The summed E-state index contributed by atoms with van der Waals surface area (Å²) in [5, 5.41) is 27.4. The number of halogens is 2. The Balaban J connectivity index is 0.000000182. The lowest BCUT2D eigenvalue weighted by Crippen LogP contribution is -2.46. The zero-order valence-electron chi connectivity index (χ0n) is 25.1. The summed E-state index contributed by atoms with van der Waals surface area (Å²) >= 11 is 9.33. The highest BCUT2D eigenvalue weighted by atomic mass is 79.9. The second-order valence-corrected chi connectivity index (χ2v) is 12.9. The number of ketones is 2. The number of rotatable bonds is 8. The van der Waals surface area contributed by atoms with Crippen molar-refractivity contribution in [3.8, 4) is 0 Å². The molecule has 4 N–H and O–H groups in total. The van der Waals surface area contributed by atoms with E-state index in [0.717, 1.165) is 25.9 Å². The quantitative estimate of drug-likeness (QED) is 0.213. The number of nitrogens with zero attached hydrogens (tertiary/aromatic N) is 4. The average Bonchev–Trinajstić information content (AvgIpc) is 3.04. The predicted octanol–water partition coefficient (Wildman–Crippen LogP) is 2.35. The third kappa shape index (κ3) is 8.33. The second kappa shape index (κ2) is 15.5. The minimum Gasteiger partial charge on any atom is -0.391 e. The van der Waals surface area contributed by atoms with Crippen molar-refractivity contribution < 1.29 is 19.8 Å². The monoisotopic (exact) mass is 714 g/mol. The van der Waals surface area contributed by atoms with E-state index in [-0.39, 0.29) is 60.7 Å². The maximum atomic E-state index is 12.5. The molecule has 244 valence electrons. The van der Waals surface area contributed by atoms with Crippen LogP contribution in [0.5, 0.6) is 0 Å². The number of Topliss-reactive ketones (excluding diaryl/α,β-unsaturated/α-hetero) is 2. The van der Waals surface area contributed by atoms with Gasteiger partial charge in [0.2, 0.25) is 0 Å². The van der Waals surface area contributed by atoms with Gasteiger partial charge in [0.15, 0.2) is 11.6 Å². The van der Waals surface area contributed by atoms with Gasteiger partial charge in [0.1, 0.15) is 0 Å². The Kier molecular flexibility index (Phi) is 11.5. The molecular weight excluding hydrogens is 680 g/mol. The molecular formula is C32H36BrClN6O6. The highest BCUT2D eigenvalue weighted by molar-refractivity contribution is 9.10. The van der Waals surface area contributed by atoms with Gasteiger partial charge in [-0.15, -0.1) is 0 Å². The molecule has 2 aliphatic heterocycles. The second-order valence-electron chi connectivity index (χ2n) is 11.7. The molecule has 0 bridgehead atoms. The van der Waals surface area contributed by atoms with Crippen LogP contribution in [0.15, 0.2) is 63.1 Å². The molecule has 4 atom stereocenters. The molecule has 2 aromatic heterocycles. The van der Waals surface area contributed by atoms with Crippen LogP contribution in [0.25, 0.3) is 21.8 Å². The fourth-order valence-electron chi connectivity index (χ4n) is 5.77. The number of carbonyl (C=O) groups excluding carboxylic acids is 2. The smallest absolute Gasteiger partial charge is 0.261 e. The molecule has 0 saturated carbocycles. The highest BCUT2D eigenvalue weighted by Crippen LogP contribution is 2.25. The topological polar surface area (TPSA) is 168 Å². The van der Waals surface area contributed by atoms with Gasteiger partial charge in [-0.05, 0) is 79.0 Å². The first-order chi connectivity index (χ1) is 22.1. The van der Waals surface area contributed by atoms with Crippen molar-refractivity contribution >= 4 is 60.9 Å². The van der Waals surface area contributed by atoms with E-state index in [1.54, 1.807) is 30.3 Å². The van der Waals surface area contributed by atoms with E-state index in [2.05, 4.69) is 36.5 Å². The molecule has 4 heterocycles. The standard InChI is InChI=1S/C16H17BrClN3O3.C16H19N3O3/c17-11-6-13-10(5-12(11)18)16(24)21(8-20-13)7-9(22)4-14-15(23)2-1-3-19-14;20-11(8-14-15(21)6-3-7-17-14)9-19-10-18-13-5-2-1-4-12(13)16(19)22/h5-6,8,14-15,19,23H,1-4,7H2;1-2,4-5,10,14-15,17,21H,3,6-9H2. The molecule has 46 heavy (non-hydrogen) atoms. The van der Waals surface area contributed by atoms with Crippen molar-refractivity contribution in [1.29, 1.82) is 0 Å². The molecule has 6 rings (SSSR count). The van der Waals surface area contributed by atoms with Gasteiger partial charge in [0.25, 0.3) is 11.1 Å². The third-order valence-corrected chi connectivity index (χ3v) is 9.48. The number of hydrogen-bond donors (Lipinski definition) is 4. The fraction of sp³-hybridized carbons (Fsp3) is 0.438. The van der Waals surface area contributed by atoms with Gasteiger partial charge in [-0.1, -0.05) is 23.7 Å². The number of para-hydroxylation sites is 1. The lowest BCUT2D eigenvalue weighted by Gasteiger charge is -2.28. The zero-order chi connectivity index (χ0) is 32.8. The minimum atomic E-state index is -0.523. The molecule has 0 radical (unpaired) electrons. The van der Waals surface area contributed by atoms with Gasteiger partial charge < -0.3 is 20.8 Å². The summed E-state index contributed by atoms with van der Waals surface area (Å²) in [6, 6.07) is 9.83. The Morgan fingerprint density at radius 2 is 1.35 bits per heavy atom. The van der Waals surface area contributed by atoms with Crippen LogP contribution in [0, 0.1) is 0 Å². The fourth-order valence-corrected chi connectivity index (χ4v) is 6.27. The Labute approximate surface area is 277 Å². The first-order valence-corrected chi connectivity index (χ1v) is 16.4. The van der Waals surface area contributed by atoms with E-state index in [0.29, 0.717) is 44.1 Å². The van der Waals surface area contributed by atoms with Crippen LogP contribution in [-0.2, 0) is 22.7 Å². The summed E-state index contributed by atoms with van der Waals surface area (Å²) in [4.78, 5) is 57.7. The number of carbonyl (C=O) groups is 2. The Bertz CT molecular complexity index is 1850. The molecule has 2 aromatic carbocycles. The molecule has 12 nitrogen and oxygen atoms in total. The Morgan fingerprint density at radius 3 is 1.91 bits per heavy atom. The number of aromatic nitrogens is 4. The van der Waals surface area contributed by atoms with Crippen molar-refractivity contribution in [3.63, 3.8) is 0 Å². The maximum Gasteiger partial charge on any atom is 0.261 e. The van der Waals surface area contributed by atoms with Gasteiger partial charge in [0, 0.05) is 29.4 Å². The molecule has 2 aliphatic rings. The van der Waals surface area contributed by atoms with Crippen molar-refractivity contribution in [2.45, 2.75) is 75.9 Å². The van der Waals surface area contributed by atoms with Crippen LogP contribution in [-0.4, -0.2) is 78.3 Å². The van der Waals surface area contributed by atoms with E-state index >= 15 is 0 Å². The Hall–Kier alpha value is -3.33. The van der Waals surface area contributed by atoms with Crippen LogP contribution in [0.2, 0.25) is 5.02 Å². The van der Waals surface area contributed by atoms with Gasteiger partial charge in [0.05, 0.1) is 64.8 Å². The van der Waals surface area contributed by atoms with E-state index in [9.17, 15) is 29.4 Å². The summed E-state index contributed by atoms with van der Waals surface area (Å²) in [5.41, 5.74) is 0.626. The van der Waals surface area contributed by atoms with E-state index in [1.165, 1.54) is 21.8 Å². The first kappa shape index (κ1) is 34.0. The predicted molar refractivity (Wildman–Crippen MR) is 178 cm³/mol. The summed E-state index contributed by atoms with van der Waals surface area (Å²) in [5.74, 6) is -0.211. The van der Waals surface area contributed by atoms with Crippen molar-refractivity contribution in [2.75, 3.05) is 13.1 Å². The molecule has 4 aromatic rings. The van der Waals surface area contributed by atoms with Crippen LogP contribution in [0.1, 0.15) is 38.5 Å². The number of aliphatic hydroxyl groups excluding tert-OH is 2. The molecule has 0 spiro atoms. The largest absolute Gasteiger partial charge is 0.391 e. The zero-order valence-corrected chi connectivity index (χ0v) is 27.4. The SMILES string of the molecule is O=C(CC1NCCCC1O)Cn1cnc2cc(Br)c(Cl)cc2c1=O.O=C(CC1NCCCC1O)Cn1cnc2ccccc2c1=O. The normalized spacial score (nSPS) is 21.5. The third-order valence-electron chi connectivity index (χ3n) is 8.28. The first-order valence-electron chi connectivity index (χ1n) is 15.3. The number of benzene rings is 2. The van der Waals surface area contributed by atoms with Crippen LogP contribution in [0.4, 0.5) is 0 Å². The highest BCUT2D eigenvalue weighted by Gasteiger charge is 2.26. The van der Waals surface area contributed by atoms with E-state index < -0.39 is 12.2 Å².